The predicted octanol–water partition coefficient (Wildman–Crippen LogP) is 3.22. The van der Waals surface area contributed by atoms with Gasteiger partial charge in [-0.15, -0.1) is 23.5 Å². The average molecular weight is 277 g/mol. The van der Waals surface area contributed by atoms with E-state index in [0.717, 1.165) is 5.56 Å². The van der Waals surface area contributed by atoms with E-state index in [9.17, 15) is 0 Å². The van der Waals surface area contributed by atoms with Gasteiger partial charge in [0.1, 0.15) is 0 Å². The molecule has 0 radical (unpaired) electrons. The summed E-state index contributed by atoms with van der Waals surface area (Å²) in [6.07, 6.45) is 2.04. The van der Waals surface area contributed by atoms with Crippen LogP contribution in [-0.4, -0.2) is 22.1 Å². The third-order valence-electron chi connectivity index (χ3n) is 2.21. The molecule has 0 saturated carbocycles. The van der Waals surface area contributed by atoms with Crippen molar-refractivity contribution in [3.05, 3.63) is 30.2 Å². The topological polar surface area (TPSA) is 62.7 Å². The summed E-state index contributed by atoms with van der Waals surface area (Å²) < 4.78 is 5.13. The lowest BCUT2D eigenvalue weighted by Gasteiger charge is -1.96. The molecule has 2 rings (SSSR count). The molecule has 0 atom stereocenters. The fourth-order valence-electron chi connectivity index (χ4n) is 1.35. The third-order valence-corrected chi connectivity index (χ3v) is 3.74. The smallest absolute Gasteiger partial charge is 0.236 e. The van der Waals surface area contributed by atoms with Gasteiger partial charge in [-0.2, -0.15) is 10.2 Å². The maximum Gasteiger partial charge on any atom is 0.236 e. The Kier molecular flexibility index (Phi) is 4.67. The predicted molar refractivity (Wildman–Crippen MR) is 73.3 cm³/mol. The minimum Gasteiger partial charge on any atom is -0.338 e. The SMILES string of the molecule is CSc1ccc(-c2noc(CSCC#N)n2)cc1. The van der Waals surface area contributed by atoms with Crippen molar-refractivity contribution in [2.75, 3.05) is 12.0 Å². The van der Waals surface area contributed by atoms with Gasteiger partial charge in [0.2, 0.25) is 11.7 Å². The van der Waals surface area contributed by atoms with Crippen molar-refractivity contribution in [3.63, 3.8) is 0 Å². The van der Waals surface area contributed by atoms with Crippen LogP contribution in [0.25, 0.3) is 11.4 Å². The van der Waals surface area contributed by atoms with E-state index in [1.165, 1.54) is 16.7 Å². The van der Waals surface area contributed by atoms with E-state index in [-0.39, 0.29) is 0 Å². The van der Waals surface area contributed by atoms with Crippen LogP contribution in [0.1, 0.15) is 5.89 Å². The molecule has 92 valence electrons. The molecule has 6 heteroatoms. The normalized spacial score (nSPS) is 10.2. The fourth-order valence-corrected chi connectivity index (χ4v) is 2.25. The highest BCUT2D eigenvalue weighted by Gasteiger charge is 2.08. The first-order chi connectivity index (χ1) is 8.83. The lowest BCUT2D eigenvalue weighted by atomic mass is 10.2. The molecule has 0 aliphatic rings. The highest BCUT2D eigenvalue weighted by atomic mass is 32.2. The molecular formula is C12H11N3OS2. The van der Waals surface area contributed by atoms with Crippen LogP contribution in [0.15, 0.2) is 33.7 Å². The Morgan fingerprint density at radius 3 is 2.78 bits per heavy atom. The summed E-state index contributed by atoms with van der Waals surface area (Å²) in [4.78, 5) is 5.49. The molecule has 4 nitrogen and oxygen atoms in total. The molecule has 1 heterocycles. The molecule has 0 saturated heterocycles. The third kappa shape index (κ3) is 3.28. The molecule has 0 aliphatic carbocycles. The number of nitriles is 1. The largest absolute Gasteiger partial charge is 0.338 e. The molecule has 0 unspecified atom stereocenters. The van der Waals surface area contributed by atoms with Crippen LogP contribution in [0.2, 0.25) is 0 Å². The van der Waals surface area contributed by atoms with Crippen molar-refractivity contribution in [1.82, 2.24) is 10.1 Å². The minimum absolute atomic E-state index is 0.431. The van der Waals surface area contributed by atoms with E-state index >= 15 is 0 Å². The number of rotatable bonds is 5. The van der Waals surface area contributed by atoms with Crippen LogP contribution in [-0.2, 0) is 5.75 Å². The fraction of sp³-hybridized carbons (Fsp3) is 0.250. The van der Waals surface area contributed by atoms with Crippen LogP contribution in [0.5, 0.6) is 0 Å². The van der Waals surface area contributed by atoms with Crippen molar-refractivity contribution in [3.8, 4) is 17.5 Å². The Bertz CT molecular complexity index is 545. The van der Waals surface area contributed by atoms with Crippen LogP contribution in [0, 0.1) is 11.3 Å². The Hall–Kier alpha value is -1.45. The Morgan fingerprint density at radius 2 is 2.11 bits per heavy atom. The van der Waals surface area contributed by atoms with Gasteiger partial charge in [0.25, 0.3) is 0 Å². The zero-order valence-corrected chi connectivity index (χ0v) is 11.4. The number of benzene rings is 1. The standard InChI is InChI=1S/C12H11N3OS2/c1-17-10-4-2-9(3-5-10)12-14-11(16-15-12)8-18-7-6-13/h2-5H,7-8H2,1H3. The van der Waals surface area contributed by atoms with E-state index < -0.39 is 0 Å². The molecule has 1 aromatic carbocycles. The second-order valence-corrected chi connectivity index (χ2v) is 5.26. The molecule has 0 N–H and O–H groups in total. The van der Waals surface area contributed by atoms with E-state index in [0.29, 0.717) is 23.2 Å². The lowest BCUT2D eigenvalue weighted by Crippen LogP contribution is -1.83. The summed E-state index contributed by atoms with van der Waals surface area (Å²) in [6, 6.07) is 10.1. The van der Waals surface area contributed by atoms with Gasteiger partial charge in [-0.25, -0.2) is 0 Å². The quantitative estimate of drug-likeness (QED) is 0.617. The highest BCUT2D eigenvalue weighted by molar-refractivity contribution is 7.98. The van der Waals surface area contributed by atoms with Gasteiger partial charge in [0, 0.05) is 10.5 Å². The number of hydrogen-bond acceptors (Lipinski definition) is 6. The van der Waals surface area contributed by atoms with Crippen LogP contribution < -0.4 is 0 Å². The number of nitrogens with zero attached hydrogens (tertiary/aromatic N) is 3. The van der Waals surface area contributed by atoms with Crippen molar-refractivity contribution in [2.24, 2.45) is 0 Å². The maximum absolute atomic E-state index is 8.44. The van der Waals surface area contributed by atoms with Gasteiger partial charge >= 0.3 is 0 Å². The van der Waals surface area contributed by atoms with Gasteiger partial charge in [-0.05, 0) is 30.5 Å². The molecule has 0 fully saturated rings. The number of hydrogen-bond donors (Lipinski definition) is 0. The first kappa shape index (κ1) is 13.0. The molecule has 2 aromatic rings. The molecule has 18 heavy (non-hydrogen) atoms. The Morgan fingerprint density at radius 1 is 1.33 bits per heavy atom. The first-order valence-electron chi connectivity index (χ1n) is 5.25. The van der Waals surface area contributed by atoms with Gasteiger partial charge < -0.3 is 4.52 Å². The number of aromatic nitrogens is 2. The van der Waals surface area contributed by atoms with Gasteiger partial charge in [0.05, 0.1) is 17.6 Å². The van der Waals surface area contributed by atoms with Crippen molar-refractivity contribution < 1.29 is 4.52 Å². The van der Waals surface area contributed by atoms with E-state index in [1.54, 1.807) is 11.8 Å². The molecule has 1 aromatic heterocycles. The molecule has 0 aliphatic heterocycles. The summed E-state index contributed by atoms with van der Waals surface area (Å²) >= 11 is 3.15. The van der Waals surface area contributed by atoms with Crippen LogP contribution in [0.3, 0.4) is 0 Å². The summed E-state index contributed by atoms with van der Waals surface area (Å²) in [5.74, 6) is 2.15. The minimum atomic E-state index is 0.431. The van der Waals surface area contributed by atoms with Gasteiger partial charge in [-0.3, -0.25) is 0 Å². The highest BCUT2D eigenvalue weighted by Crippen LogP contribution is 2.21. The molecular weight excluding hydrogens is 266 g/mol. The summed E-state index contributed by atoms with van der Waals surface area (Å²) in [7, 11) is 0. The average Bonchev–Trinajstić information content (AvgIpc) is 2.88. The molecule has 0 bridgehead atoms. The second kappa shape index (κ2) is 6.47. The van der Waals surface area contributed by atoms with E-state index in [1.807, 2.05) is 30.5 Å². The maximum atomic E-state index is 8.44. The van der Waals surface area contributed by atoms with Crippen LogP contribution in [0.4, 0.5) is 0 Å². The van der Waals surface area contributed by atoms with Crippen molar-refractivity contribution in [1.29, 1.82) is 5.26 Å². The van der Waals surface area contributed by atoms with E-state index in [2.05, 4.69) is 16.2 Å². The molecule has 0 spiro atoms. The summed E-state index contributed by atoms with van der Waals surface area (Å²) in [6.45, 7) is 0. The van der Waals surface area contributed by atoms with Crippen molar-refractivity contribution in [2.45, 2.75) is 10.6 Å². The molecule has 0 amide bonds. The van der Waals surface area contributed by atoms with Crippen molar-refractivity contribution >= 4 is 23.5 Å². The lowest BCUT2D eigenvalue weighted by molar-refractivity contribution is 0.392. The number of thioether (sulfide) groups is 2. The first-order valence-corrected chi connectivity index (χ1v) is 7.63. The Balaban J connectivity index is 2.06. The second-order valence-electron chi connectivity index (χ2n) is 3.39. The zero-order chi connectivity index (χ0) is 12.8. The van der Waals surface area contributed by atoms with Crippen LogP contribution >= 0.6 is 23.5 Å². The summed E-state index contributed by atoms with van der Waals surface area (Å²) in [5, 5.41) is 12.4. The summed E-state index contributed by atoms with van der Waals surface area (Å²) in [5.41, 5.74) is 0.938. The monoisotopic (exact) mass is 277 g/mol. The van der Waals surface area contributed by atoms with E-state index in [4.69, 9.17) is 9.78 Å². The Labute approximate surface area is 114 Å². The van der Waals surface area contributed by atoms with Gasteiger partial charge in [0.15, 0.2) is 0 Å². The zero-order valence-electron chi connectivity index (χ0n) is 9.79. The van der Waals surface area contributed by atoms with Gasteiger partial charge in [-0.1, -0.05) is 5.16 Å².